The Bertz CT molecular complexity index is 593. The highest BCUT2D eigenvalue weighted by atomic mass is 79.9. The van der Waals surface area contributed by atoms with Crippen LogP contribution in [0.3, 0.4) is 0 Å². The highest BCUT2D eigenvalue weighted by Crippen LogP contribution is 2.28. The molecule has 0 amide bonds. The van der Waals surface area contributed by atoms with Crippen molar-refractivity contribution in [2.75, 3.05) is 7.11 Å². The summed E-state index contributed by atoms with van der Waals surface area (Å²) in [6, 6.07) is 7.36. The molecule has 0 spiro atoms. The number of methoxy groups -OCH3 is 1. The SMILES string of the molecule is COc1cc(-c2nccnc2Br)ccc1C#N. The molecule has 2 rings (SSSR count). The van der Waals surface area contributed by atoms with Crippen molar-refractivity contribution in [3.05, 3.63) is 40.8 Å². The second kappa shape index (κ2) is 4.93. The molecule has 0 atom stereocenters. The summed E-state index contributed by atoms with van der Waals surface area (Å²) in [5, 5.41) is 8.90. The van der Waals surface area contributed by atoms with E-state index in [1.807, 2.05) is 6.07 Å². The summed E-state index contributed by atoms with van der Waals surface area (Å²) in [7, 11) is 1.53. The van der Waals surface area contributed by atoms with Gasteiger partial charge >= 0.3 is 0 Å². The zero-order valence-corrected chi connectivity index (χ0v) is 10.6. The summed E-state index contributed by atoms with van der Waals surface area (Å²) >= 11 is 3.34. The highest BCUT2D eigenvalue weighted by Gasteiger charge is 2.09. The highest BCUT2D eigenvalue weighted by molar-refractivity contribution is 9.10. The molecule has 5 heteroatoms. The number of benzene rings is 1. The van der Waals surface area contributed by atoms with E-state index in [1.54, 1.807) is 24.5 Å². The van der Waals surface area contributed by atoms with Crippen LogP contribution in [0.5, 0.6) is 5.75 Å². The van der Waals surface area contributed by atoms with E-state index < -0.39 is 0 Å². The third-order valence-electron chi connectivity index (χ3n) is 2.25. The Hall–Kier alpha value is -1.93. The Morgan fingerprint density at radius 2 is 2.06 bits per heavy atom. The average molecular weight is 290 g/mol. The van der Waals surface area contributed by atoms with Crippen LogP contribution in [0.2, 0.25) is 0 Å². The molecule has 0 N–H and O–H groups in total. The maximum Gasteiger partial charge on any atom is 0.137 e. The van der Waals surface area contributed by atoms with E-state index in [4.69, 9.17) is 10.00 Å². The predicted molar refractivity (Wildman–Crippen MR) is 66.4 cm³/mol. The van der Waals surface area contributed by atoms with Gasteiger partial charge in [0, 0.05) is 18.0 Å². The molecule has 0 saturated carbocycles. The number of nitriles is 1. The molecule has 0 bridgehead atoms. The van der Waals surface area contributed by atoms with Crippen LogP contribution in [0, 0.1) is 11.3 Å². The van der Waals surface area contributed by atoms with Crippen molar-refractivity contribution in [1.82, 2.24) is 9.97 Å². The van der Waals surface area contributed by atoms with Crippen molar-refractivity contribution in [3.63, 3.8) is 0 Å². The molecule has 0 unspecified atom stereocenters. The van der Waals surface area contributed by atoms with Crippen molar-refractivity contribution in [1.29, 1.82) is 5.26 Å². The maximum absolute atomic E-state index is 8.90. The quantitative estimate of drug-likeness (QED) is 0.853. The summed E-state index contributed by atoms with van der Waals surface area (Å²) in [5.41, 5.74) is 2.06. The minimum Gasteiger partial charge on any atom is -0.495 e. The van der Waals surface area contributed by atoms with Gasteiger partial charge in [0.2, 0.25) is 0 Å². The lowest BCUT2D eigenvalue weighted by molar-refractivity contribution is 0.413. The van der Waals surface area contributed by atoms with Gasteiger partial charge in [0.05, 0.1) is 12.7 Å². The molecule has 0 aliphatic carbocycles. The van der Waals surface area contributed by atoms with E-state index in [9.17, 15) is 0 Å². The fourth-order valence-corrected chi connectivity index (χ4v) is 1.90. The fourth-order valence-electron chi connectivity index (χ4n) is 1.45. The van der Waals surface area contributed by atoms with Gasteiger partial charge < -0.3 is 4.74 Å². The number of hydrogen-bond donors (Lipinski definition) is 0. The van der Waals surface area contributed by atoms with Crippen LogP contribution >= 0.6 is 15.9 Å². The number of nitrogens with zero attached hydrogens (tertiary/aromatic N) is 3. The molecule has 17 heavy (non-hydrogen) atoms. The third kappa shape index (κ3) is 2.27. The second-order valence-corrected chi connectivity index (χ2v) is 3.97. The molecule has 1 aromatic heterocycles. The van der Waals surface area contributed by atoms with Crippen molar-refractivity contribution >= 4 is 15.9 Å². The second-order valence-electron chi connectivity index (χ2n) is 3.22. The number of ether oxygens (including phenoxy) is 1. The van der Waals surface area contributed by atoms with E-state index in [0.717, 1.165) is 11.3 Å². The molecule has 1 heterocycles. The van der Waals surface area contributed by atoms with Crippen molar-refractivity contribution in [3.8, 4) is 23.1 Å². The first-order valence-electron chi connectivity index (χ1n) is 4.81. The molecule has 0 aliphatic heterocycles. The molecule has 0 radical (unpaired) electrons. The normalized spacial score (nSPS) is 9.71. The van der Waals surface area contributed by atoms with Crippen LogP contribution in [-0.4, -0.2) is 17.1 Å². The van der Waals surface area contributed by atoms with Gasteiger partial charge in [-0.2, -0.15) is 5.26 Å². The Balaban J connectivity index is 2.55. The summed E-state index contributed by atoms with van der Waals surface area (Å²) in [4.78, 5) is 8.33. The van der Waals surface area contributed by atoms with E-state index in [-0.39, 0.29) is 0 Å². The van der Waals surface area contributed by atoms with Crippen LogP contribution in [0.25, 0.3) is 11.3 Å². The predicted octanol–water partition coefficient (Wildman–Crippen LogP) is 2.79. The van der Waals surface area contributed by atoms with Crippen LogP contribution in [0.15, 0.2) is 35.2 Å². The largest absolute Gasteiger partial charge is 0.495 e. The zero-order valence-electron chi connectivity index (χ0n) is 9.01. The van der Waals surface area contributed by atoms with Gasteiger partial charge in [-0.1, -0.05) is 6.07 Å². The minimum absolute atomic E-state index is 0.497. The summed E-state index contributed by atoms with van der Waals surface area (Å²) < 4.78 is 5.81. The smallest absolute Gasteiger partial charge is 0.137 e. The molecular formula is C12H8BrN3O. The van der Waals surface area contributed by atoms with Crippen LogP contribution in [0.4, 0.5) is 0 Å². The van der Waals surface area contributed by atoms with E-state index in [1.165, 1.54) is 7.11 Å². The lowest BCUT2D eigenvalue weighted by atomic mass is 10.1. The summed E-state index contributed by atoms with van der Waals surface area (Å²) in [5.74, 6) is 0.530. The van der Waals surface area contributed by atoms with E-state index >= 15 is 0 Å². The molecule has 4 nitrogen and oxygen atoms in total. The maximum atomic E-state index is 8.90. The molecule has 0 fully saturated rings. The Labute approximate surface area is 107 Å². The Morgan fingerprint density at radius 1 is 1.29 bits per heavy atom. The number of rotatable bonds is 2. The van der Waals surface area contributed by atoms with Crippen LogP contribution in [0.1, 0.15) is 5.56 Å². The van der Waals surface area contributed by atoms with Crippen LogP contribution in [-0.2, 0) is 0 Å². The average Bonchev–Trinajstić information content (AvgIpc) is 2.38. The molecule has 1 aromatic carbocycles. The van der Waals surface area contributed by atoms with Gasteiger partial charge in [0.1, 0.15) is 22.1 Å². The molecule has 0 saturated heterocycles. The first kappa shape index (κ1) is 11.6. The number of hydrogen-bond acceptors (Lipinski definition) is 4. The summed E-state index contributed by atoms with van der Waals surface area (Å²) in [6.07, 6.45) is 3.22. The zero-order chi connectivity index (χ0) is 12.3. The molecular weight excluding hydrogens is 282 g/mol. The van der Waals surface area contributed by atoms with Gasteiger partial charge in [-0.3, -0.25) is 4.98 Å². The van der Waals surface area contributed by atoms with Crippen molar-refractivity contribution in [2.24, 2.45) is 0 Å². The monoisotopic (exact) mass is 289 g/mol. The van der Waals surface area contributed by atoms with E-state index in [0.29, 0.717) is 15.9 Å². The third-order valence-corrected chi connectivity index (χ3v) is 2.83. The standard InChI is InChI=1S/C12H8BrN3O/c1-17-10-6-8(2-3-9(10)7-14)11-12(13)16-5-4-15-11/h2-6H,1H3. The fraction of sp³-hybridized carbons (Fsp3) is 0.0833. The Morgan fingerprint density at radius 3 is 2.71 bits per heavy atom. The van der Waals surface area contributed by atoms with Crippen molar-refractivity contribution < 1.29 is 4.74 Å². The lowest BCUT2D eigenvalue weighted by Gasteiger charge is -2.06. The number of aromatic nitrogens is 2. The first-order chi connectivity index (χ1) is 8.26. The van der Waals surface area contributed by atoms with Gasteiger partial charge in [-0.05, 0) is 28.1 Å². The van der Waals surface area contributed by atoms with Crippen LogP contribution < -0.4 is 4.74 Å². The lowest BCUT2D eigenvalue weighted by Crippen LogP contribution is -1.91. The van der Waals surface area contributed by atoms with Gasteiger partial charge in [0.25, 0.3) is 0 Å². The van der Waals surface area contributed by atoms with Gasteiger partial charge in [-0.15, -0.1) is 0 Å². The first-order valence-corrected chi connectivity index (χ1v) is 5.60. The molecule has 84 valence electrons. The summed E-state index contributed by atoms with van der Waals surface area (Å²) in [6.45, 7) is 0. The van der Waals surface area contributed by atoms with E-state index in [2.05, 4.69) is 32.0 Å². The topological polar surface area (TPSA) is 58.8 Å². The molecule has 0 aliphatic rings. The van der Waals surface area contributed by atoms with Crippen molar-refractivity contribution in [2.45, 2.75) is 0 Å². The minimum atomic E-state index is 0.497. The molecule has 2 aromatic rings. The Kier molecular flexibility index (Phi) is 3.35. The van der Waals surface area contributed by atoms with Gasteiger partial charge in [-0.25, -0.2) is 4.98 Å². The number of halogens is 1. The van der Waals surface area contributed by atoms with Gasteiger partial charge in [0.15, 0.2) is 0 Å².